The minimum atomic E-state index is -1.02. The fraction of sp³-hybridized carbons (Fsp3) is 0.636. The van der Waals surface area contributed by atoms with E-state index in [-0.39, 0.29) is 29.8 Å². The molecule has 0 aromatic heterocycles. The molecule has 6 heteroatoms. The Bertz CT molecular complexity index is 655. The van der Waals surface area contributed by atoms with Crippen LogP contribution in [0.1, 0.15) is 63.0 Å². The Hall–Kier alpha value is -1.37. The van der Waals surface area contributed by atoms with Gasteiger partial charge in [0.2, 0.25) is 0 Å². The normalized spacial score (nSPS) is 24.3. The van der Waals surface area contributed by atoms with Crippen molar-refractivity contribution in [1.82, 2.24) is 0 Å². The van der Waals surface area contributed by atoms with Gasteiger partial charge in [0.1, 0.15) is 5.78 Å². The van der Waals surface area contributed by atoms with Gasteiger partial charge in [-0.15, -0.1) is 0 Å². The Morgan fingerprint density at radius 3 is 2.46 bits per heavy atom. The summed E-state index contributed by atoms with van der Waals surface area (Å²) in [5.74, 6) is -0.440. The molecule has 3 N–H and O–H groups in total. The zero-order chi connectivity index (χ0) is 20.7. The Morgan fingerprint density at radius 2 is 1.82 bits per heavy atom. The highest BCUT2D eigenvalue weighted by molar-refractivity contribution is 8.00. The van der Waals surface area contributed by atoms with E-state index in [1.807, 2.05) is 31.2 Å². The molecule has 156 valence electrons. The van der Waals surface area contributed by atoms with Gasteiger partial charge in [-0.05, 0) is 32.3 Å². The highest BCUT2D eigenvalue weighted by Crippen LogP contribution is 2.39. The summed E-state index contributed by atoms with van der Waals surface area (Å²) in [4.78, 5) is 22.9. The number of carboxylic acid groups (broad SMARTS) is 1. The highest BCUT2D eigenvalue weighted by Gasteiger charge is 2.42. The van der Waals surface area contributed by atoms with Gasteiger partial charge in [-0.1, -0.05) is 49.1 Å². The molecule has 1 saturated carbocycles. The molecule has 28 heavy (non-hydrogen) atoms. The van der Waals surface area contributed by atoms with Crippen LogP contribution in [0.25, 0.3) is 0 Å². The van der Waals surface area contributed by atoms with Crippen molar-refractivity contribution in [1.29, 1.82) is 0 Å². The van der Waals surface area contributed by atoms with Crippen LogP contribution in [0.5, 0.6) is 0 Å². The topological polar surface area (TPSA) is 94.8 Å². The maximum Gasteiger partial charge on any atom is 0.303 e. The monoisotopic (exact) mass is 408 g/mol. The lowest BCUT2D eigenvalue weighted by Gasteiger charge is -2.28. The zero-order valence-corrected chi connectivity index (χ0v) is 17.6. The van der Waals surface area contributed by atoms with E-state index in [9.17, 15) is 19.8 Å². The third-order valence-electron chi connectivity index (χ3n) is 5.49. The number of benzene rings is 1. The first kappa shape index (κ1) is 22.9. The molecule has 1 aliphatic rings. The molecule has 1 fully saturated rings. The second-order valence-corrected chi connectivity index (χ2v) is 9.27. The van der Waals surface area contributed by atoms with Crippen LogP contribution in [-0.2, 0) is 15.2 Å². The number of hydrogen-bond donors (Lipinski definition) is 3. The van der Waals surface area contributed by atoms with Crippen molar-refractivity contribution < 1.29 is 24.9 Å². The summed E-state index contributed by atoms with van der Waals surface area (Å²) in [5, 5.41) is 29.7. The van der Waals surface area contributed by atoms with Crippen LogP contribution in [0.2, 0.25) is 0 Å². The second kappa shape index (κ2) is 10.4. The van der Waals surface area contributed by atoms with Crippen LogP contribution < -0.4 is 0 Å². The van der Waals surface area contributed by atoms with Crippen LogP contribution in [0.4, 0.5) is 0 Å². The van der Waals surface area contributed by atoms with Crippen LogP contribution in [0, 0.1) is 12.8 Å². The molecule has 5 nitrogen and oxygen atoms in total. The highest BCUT2D eigenvalue weighted by atomic mass is 32.2. The zero-order valence-electron chi connectivity index (χ0n) is 16.8. The van der Waals surface area contributed by atoms with E-state index < -0.39 is 17.7 Å². The quantitative estimate of drug-likeness (QED) is 0.484. The van der Waals surface area contributed by atoms with Crippen LogP contribution in [0.3, 0.4) is 0 Å². The van der Waals surface area contributed by atoms with Gasteiger partial charge < -0.3 is 15.3 Å². The van der Waals surface area contributed by atoms with Gasteiger partial charge >= 0.3 is 5.97 Å². The van der Waals surface area contributed by atoms with E-state index in [4.69, 9.17) is 5.11 Å². The smallest absolute Gasteiger partial charge is 0.303 e. The summed E-state index contributed by atoms with van der Waals surface area (Å²) in [6.45, 7) is 3.77. The average molecular weight is 409 g/mol. The van der Waals surface area contributed by atoms with Crippen LogP contribution in [-0.4, -0.2) is 44.2 Å². The summed E-state index contributed by atoms with van der Waals surface area (Å²) in [6, 6.07) is 7.77. The lowest BCUT2D eigenvalue weighted by atomic mass is 9.97. The molecule has 1 aromatic rings. The van der Waals surface area contributed by atoms with E-state index in [1.165, 1.54) is 11.8 Å². The Labute approximate surface area is 171 Å². The van der Waals surface area contributed by atoms with E-state index in [0.29, 0.717) is 18.6 Å². The number of aliphatic hydroxyl groups excluding tert-OH is 1. The van der Waals surface area contributed by atoms with Crippen molar-refractivity contribution in [3.8, 4) is 0 Å². The molecule has 0 heterocycles. The summed E-state index contributed by atoms with van der Waals surface area (Å²) in [7, 11) is 0. The van der Waals surface area contributed by atoms with Crippen molar-refractivity contribution in [3.05, 3.63) is 35.4 Å². The first-order chi connectivity index (χ1) is 13.2. The van der Waals surface area contributed by atoms with Crippen LogP contribution in [0.15, 0.2) is 24.3 Å². The molecule has 4 unspecified atom stereocenters. The fourth-order valence-corrected chi connectivity index (χ4v) is 5.25. The van der Waals surface area contributed by atoms with Gasteiger partial charge in [-0.2, -0.15) is 11.8 Å². The average Bonchev–Trinajstić information content (AvgIpc) is 2.89. The Kier molecular flexibility index (Phi) is 8.53. The summed E-state index contributed by atoms with van der Waals surface area (Å²) in [5.41, 5.74) is 0.942. The maximum absolute atomic E-state index is 12.3. The molecule has 0 bridgehead atoms. The van der Waals surface area contributed by atoms with Gasteiger partial charge in [-0.3, -0.25) is 9.59 Å². The van der Waals surface area contributed by atoms with Gasteiger partial charge in [0.15, 0.2) is 0 Å². The lowest BCUT2D eigenvalue weighted by molar-refractivity contribution is -0.137. The molecule has 1 aromatic carbocycles. The van der Waals surface area contributed by atoms with E-state index in [1.54, 1.807) is 6.92 Å². The molecule has 0 spiro atoms. The third-order valence-corrected chi connectivity index (χ3v) is 7.24. The number of carboxylic acids is 1. The van der Waals surface area contributed by atoms with Crippen LogP contribution >= 0.6 is 11.8 Å². The number of ketones is 1. The lowest BCUT2D eigenvalue weighted by Crippen LogP contribution is -2.30. The van der Waals surface area contributed by atoms with Gasteiger partial charge in [-0.25, -0.2) is 0 Å². The maximum atomic E-state index is 12.3. The predicted molar refractivity (Wildman–Crippen MR) is 111 cm³/mol. The van der Waals surface area contributed by atoms with E-state index >= 15 is 0 Å². The number of carbonyl (C=O) groups is 2. The predicted octanol–water partition coefficient (Wildman–Crippen LogP) is 3.68. The molecule has 0 radical (unpaired) electrons. The van der Waals surface area contributed by atoms with E-state index in [0.717, 1.165) is 30.4 Å². The molecule has 4 atom stereocenters. The fourth-order valence-electron chi connectivity index (χ4n) is 3.73. The SMILES string of the molecule is Cc1ccc(C(C)(O)CSC2C(O)CC(=O)C2CCCCCCC(=O)O)cc1. The molecular formula is C22H32O5S. The standard InChI is InChI=1S/C22H32O5S/c1-15-9-11-16(12-10-15)22(2,27)14-28-21-17(18(23)13-19(21)24)7-5-3-4-6-8-20(25)26/h9-12,17,19,21,24,27H,3-8,13-14H2,1-2H3,(H,25,26). The van der Waals surface area contributed by atoms with Crippen molar-refractivity contribution in [3.63, 3.8) is 0 Å². The van der Waals surface area contributed by atoms with Gasteiger partial charge in [0.05, 0.1) is 11.7 Å². The first-order valence-electron chi connectivity index (χ1n) is 10.0. The van der Waals surface area contributed by atoms with Crippen molar-refractivity contribution in [2.24, 2.45) is 5.92 Å². The summed E-state index contributed by atoms with van der Waals surface area (Å²) >= 11 is 1.48. The van der Waals surface area contributed by atoms with E-state index in [2.05, 4.69) is 0 Å². The van der Waals surface area contributed by atoms with Crippen molar-refractivity contribution in [2.45, 2.75) is 75.7 Å². The largest absolute Gasteiger partial charge is 0.481 e. The molecule has 1 aliphatic carbocycles. The molecular weight excluding hydrogens is 376 g/mol. The van der Waals surface area contributed by atoms with Crippen molar-refractivity contribution >= 4 is 23.5 Å². The number of aliphatic hydroxyl groups is 2. The molecule has 0 amide bonds. The molecule has 0 saturated heterocycles. The summed E-state index contributed by atoms with van der Waals surface area (Å²) in [6.07, 6.45) is 3.68. The number of rotatable bonds is 11. The number of aryl methyl sites for hydroxylation is 1. The molecule has 2 rings (SSSR count). The Balaban J connectivity index is 1.86. The number of aliphatic carboxylic acids is 1. The number of hydrogen-bond acceptors (Lipinski definition) is 5. The minimum Gasteiger partial charge on any atom is -0.481 e. The number of carbonyl (C=O) groups excluding carboxylic acids is 1. The third kappa shape index (κ3) is 6.61. The van der Waals surface area contributed by atoms with Gasteiger partial charge in [0, 0.05) is 29.8 Å². The van der Waals surface area contributed by atoms with Crippen molar-refractivity contribution in [2.75, 3.05) is 5.75 Å². The number of thioether (sulfide) groups is 1. The Morgan fingerprint density at radius 1 is 1.18 bits per heavy atom. The number of Topliss-reactive ketones (excluding diaryl/α,β-unsaturated/α-hetero) is 1. The number of unbranched alkanes of at least 4 members (excludes halogenated alkanes) is 3. The summed E-state index contributed by atoms with van der Waals surface area (Å²) < 4.78 is 0. The second-order valence-electron chi connectivity index (χ2n) is 8.11. The molecule has 0 aliphatic heterocycles. The first-order valence-corrected chi connectivity index (χ1v) is 11.1. The minimum absolute atomic E-state index is 0.102. The van der Waals surface area contributed by atoms with Gasteiger partial charge in [0.25, 0.3) is 0 Å².